The summed E-state index contributed by atoms with van der Waals surface area (Å²) in [6.45, 7) is 10.5. The van der Waals surface area contributed by atoms with E-state index in [0.717, 1.165) is 45.1 Å². The van der Waals surface area contributed by atoms with Crippen molar-refractivity contribution >= 4 is 0 Å². The molecule has 1 heterocycles. The van der Waals surface area contributed by atoms with Crippen LogP contribution in [-0.4, -0.2) is 44.2 Å². The number of aryl methyl sites for hydroxylation is 2. The third-order valence-electron chi connectivity index (χ3n) is 3.36. The van der Waals surface area contributed by atoms with E-state index < -0.39 is 0 Å². The van der Waals surface area contributed by atoms with Gasteiger partial charge < -0.3 is 10.1 Å². The second-order valence-electron chi connectivity index (χ2n) is 4.69. The van der Waals surface area contributed by atoms with Crippen LogP contribution in [0.3, 0.4) is 0 Å². The summed E-state index contributed by atoms with van der Waals surface area (Å²) >= 11 is 0. The molecule has 0 saturated carbocycles. The normalized spacial score (nSPS) is 17.1. The molecule has 1 saturated heterocycles. The summed E-state index contributed by atoms with van der Waals surface area (Å²) in [4.78, 5) is 2.44. The second kappa shape index (κ2) is 6.03. The predicted molar refractivity (Wildman–Crippen MR) is 70.7 cm³/mol. The van der Waals surface area contributed by atoms with Crippen LogP contribution in [-0.2, 0) is 0 Å². The molecule has 1 N–H and O–H groups in total. The van der Waals surface area contributed by atoms with Crippen LogP contribution in [0.1, 0.15) is 11.1 Å². The molecule has 2 rings (SSSR count). The van der Waals surface area contributed by atoms with Crippen molar-refractivity contribution in [2.45, 2.75) is 13.8 Å². The van der Waals surface area contributed by atoms with E-state index in [4.69, 9.17) is 4.74 Å². The zero-order chi connectivity index (χ0) is 12.1. The molecule has 0 unspecified atom stereocenters. The molecule has 0 aromatic heterocycles. The molecule has 1 aliphatic rings. The van der Waals surface area contributed by atoms with E-state index in [0.29, 0.717) is 0 Å². The number of benzene rings is 1. The minimum absolute atomic E-state index is 0.780. The monoisotopic (exact) mass is 234 g/mol. The van der Waals surface area contributed by atoms with E-state index in [-0.39, 0.29) is 0 Å². The molecule has 0 aliphatic carbocycles. The largest absolute Gasteiger partial charge is 0.492 e. The summed E-state index contributed by atoms with van der Waals surface area (Å²) in [7, 11) is 0. The van der Waals surface area contributed by atoms with Gasteiger partial charge in [-0.2, -0.15) is 0 Å². The lowest BCUT2D eigenvalue weighted by Crippen LogP contribution is -2.44. The van der Waals surface area contributed by atoms with Gasteiger partial charge in [0.1, 0.15) is 12.4 Å². The Hall–Kier alpha value is -1.06. The minimum atomic E-state index is 0.780. The Morgan fingerprint density at radius 3 is 2.65 bits per heavy atom. The molecule has 17 heavy (non-hydrogen) atoms. The van der Waals surface area contributed by atoms with Crippen LogP contribution in [0.25, 0.3) is 0 Å². The number of ether oxygens (including phenoxy) is 1. The standard InChI is InChI=1S/C14H22N2O/c1-12-3-4-14(11-13(12)2)17-10-9-16-7-5-15-6-8-16/h3-4,11,15H,5-10H2,1-2H3. The van der Waals surface area contributed by atoms with Crippen LogP contribution in [0.15, 0.2) is 18.2 Å². The van der Waals surface area contributed by atoms with Crippen LogP contribution in [0.4, 0.5) is 0 Å². The Kier molecular flexibility index (Phi) is 4.40. The molecular weight excluding hydrogens is 212 g/mol. The summed E-state index contributed by atoms with van der Waals surface area (Å²) in [5.74, 6) is 0.989. The fraction of sp³-hybridized carbons (Fsp3) is 0.571. The zero-order valence-corrected chi connectivity index (χ0v) is 10.8. The summed E-state index contributed by atoms with van der Waals surface area (Å²) in [6, 6.07) is 6.29. The Morgan fingerprint density at radius 2 is 1.94 bits per heavy atom. The Labute approximate surface area is 104 Å². The van der Waals surface area contributed by atoms with Crippen LogP contribution >= 0.6 is 0 Å². The highest BCUT2D eigenvalue weighted by atomic mass is 16.5. The lowest BCUT2D eigenvalue weighted by Gasteiger charge is -2.26. The van der Waals surface area contributed by atoms with E-state index >= 15 is 0 Å². The Morgan fingerprint density at radius 1 is 1.18 bits per heavy atom. The summed E-state index contributed by atoms with van der Waals surface area (Å²) in [6.07, 6.45) is 0. The molecule has 0 spiro atoms. The number of rotatable bonds is 4. The van der Waals surface area contributed by atoms with Crippen molar-refractivity contribution < 1.29 is 4.74 Å². The maximum absolute atomic E-state index is 5.78. The number of hydrogen-bond acceptors (Lipinski definition) is 3. The third kappa shape index (κ3) is 3.72. The van der Waals surface area contributed by atoms with Crippen LogP contribution in [0, 0.1) is 13.8 Å². The number of nitrogens with one attached hydrogen (secondary N) is 1. The van der Waals surface area contributed by atoms with Gasteiger partial charge in [-0.15, -0.1) is 0 Å². The molecule has 0 amide bonds. The third-order valence-corrected chi connectivity index (χ3v) is 3.36. The van der Waals surface area contributed by atoms with Crippen molar-refractivity contribution in [1.29, 1.82) is 0 Å². The summed E-state index contributed by atoms with van der Waals surface area (Å²) < 4.78 is 5.78. The lowest BCUT2D eigenvalue weighted by atomic mass is 10.1. The predicted octanol–water partition coefficient (Wildman–Crippen LogP) is 1.59. The van der Waals surface area contributed by atoms with Gasteiger partial charge in [-0.3, -0.25) is 4.90 Å². The molecule has 1 aromatic rings. The first-order valence-corrected chi connectivity index (χ1v) is 6.39. The van der Waals surface area contributed by atoms with Crippen LogP contribution in [0.5, 0.6) is 5.75 Å². The molecule has 3 nitrogen and oxygen atoms in total. The smallest absolute Gasteiger partial charge is 0.119 e. The first-order chi connectivity index (χ1) is 8.25. The minimum Gasteiger partial charge on any atom is -0.492 e. The molecule has 3 heteroatoms. The number of nitrogens with zero attached hydrogens (tertiary/aromatic N) is 1. The molecular formula is C14H22N2O. The van der Waals surface area contributed by atoms with E-state index in [1.54, 1.807) is 0 Å². The van der Waals surface area contributed by atoms with Crippen molar-refractivity contribution in [2.24, 2.45) is 0 Å². The average Bonchev–Trinajstić information content (AvgIpc) is 2.35. The first-order valence-electron chi connectivity index (χ1n) is 6.39. The topological polar surface area (TPSA) is 24.5 Å². The SMILES string of the molecule is Cc1ccc(OCCN2CCNCC2)cc1C. The second-order valence-corrected chi connectivity index (χ2v) is 4.69. The quantitative estimate of drug-likeness (QED) is 0.856. The first kappa shape index (κ1) is 12.4. The zero-order valence-electron chi connectivity index (χ0n) is 10.8. The van der Waals surface area contributed by atoms with Crippen molar-refractivity contribution in [3.05, 3.63) is 29.3 Å². The Balaban J connectivity index is 1.75. The van der Waals surface area contributed by atoms with Gasteiger partial charge in [0, 0.05) is 32.7 Å². The van der Waals surface area contributed by atoms with E-state index in [1.807, 2.05) is 0 Å². The van der Waals surface area contributed by atoms with E-state index in [9.17, 15) is 0 Å². The van der Waals surface area contributed by atoms with Gasteiger partial charge in [0.15, 0.2) is 0 Å². The highest BCUT2D eigenvalue weighted by Gasteiger charge is 2.08. The van der Waals surface area contributed by atoms with Crippen LogP contribution in [0.2, 0.25) is 0 Å². The van der Waals surface area contributed by atoms with Crippen molar-refractivity contribution in [3.8, 4) is 5.75 Å². The van der Waals surface area contributed by atoms with Gasteiger partial charge in [-0.25, -0.2) is 0 Å². The van der Waals surface area contributed by atoms with Gasteiger partial charge >= 0.3 is 0 Å². The van der Waals surface area contributed by atoms with Gasteiger partial charge in [-0.1, -0.05) is 6.07 Å². The molecule has 1 aromatic carbocycles. The van der Waals surface area contributed by atoms with Crippen molar-refractivity contribution in [2.75, 3.05) is 39.3 Å². The summed E-state index contributed by atoms with van der Waals surface area (Å²) in [5, 5.41) is 3.35. The Bertz CT molecular complexity index is 359. The lowest BCUT2D eigenvalue weighted by molar-refractivity contribution is 0.191. The van der Waals surface area contributed by atoms with Gasteiger partial charge in [0.05, 0.1) is 0 Å². The summed E-state index contributed by atoms with van der Waals surface area (Å²) in [5.41, 5.74) is 2.61. The molecule has 0 radical (unpaired) electrons. The maximum Gasteiger partial charge on any atom is 0.119 e. The number of piperazine rings is 1. The molecule has 94 valence electrons. The van der Waals surface area contributed by atoms with Crippen molar-refractivity contribution in [1.82, 2.24) is 10.2 Å². The molecule has 1 aliphatic heterocycles. The fourth-order valence-corrected chi connectivity index (χ4v) is 2.03. The van der Waals surface area contributed by atoms with Crippen LogP contribution < -0.4 is 10.1 Å². The van der Waals surface area contributed by atoms with Gasteiger partial charge in [0.25, 0.3) is 0 Å². The maximum atomic E-state index is 5.78. The highest BCUT2D eigenvalue weighted by Crippen LogP contribution is 2.16. The van der Waals surface area contributed by atoms with Crippen molar-refractivity contribution in [3.63, 3.8) is 0 Å². The number of hydrogen-bond donors (Lipinski definition) is 1. The average molecular weight is 234 g/mol. The van der Waals surface area contributed by atoms with E-state index in [2.05, 4.69) is 42.3 Å². The highest BCUT2D eigenvalue weighted by molar-refractivity contribution is 5.33. The van der Waals surface area contributed by atoms with E-state index in [1.165, 1.54) is 11.1 Å². The molecule has 1 fully saturated rings. The molecule has 0 atom stereocenters. The van der Waals surface area contributed by atoms with Gasteiger partial charge in [-0.05, 0) is 37.1 Å². The fourth-order valence-electron chi connectivity index (χ4n) is 2.03. The van der Waals surface area contributed by atoms with Gasteiger partial charge in [0.2, 0.25) is 0 Å². The molecule has 0 bridgehead atoms.